The average Bonchev–Trinajstić information content (AvgIpc) is 2.48. The van der Waals surface area contributed by atoms with E-state index in [-0.39, 0.29) is 17.1 Å². The fourth-order valence-electron chi connectivity index (χ4n) is 0.958. The highest BCUT2D eigenvalue weighted by atomic mass is 17.3. The predicted octanol–water partition coefficient (Wildman–Crippen LogP) is 0.208. The maximum atomic E-state index is 9.20. The Balaban J connectivity index is 2.67. The van der Waals surface area contributed by atoms with Crippen molar-refractivity contribution in [3.63, 3.8) is 0 Å². The van der Waals surface area contributed by atoms with Gasteiger partial charge in [-0.2, -0.15) is 0 Å². The SMILES string of the molecule is Nc1c(O)cc2c(c1N)NOO2. The van der Waals surface area contributed by atoms with Gasteiger partial charge in [0.2, 0.25) is 0 Å². The molecule has 0 aliphatic carbocycles. The number of benzene rings is 1. The second-order valence-corrected chi connectivity index (χ2v) is 2.36. The van der Waals surface area contributed by atoms with Crippen LogP contribution in [0.4, 0.5) is 17.1 Å². The lowest BCUT2D eigenvalue weighted by molar-refractivity contribution is -0.160. The molecule has 2 rings (SSSR count). The molecule has 0 spiro atoms. The molecule has 12 heavy (non-hydrogen) atoms. The Labute approximate surface area is 67.6 Å². The number of phenols is 1. The van der Waals surface area contributed by atoms with Gasteiger partial charge in [0.25, 0.3) is 0 Å². The molecular formula is C6H7N3O3. The Bertz CT molecular complexity index is 339. The van der Waals surface area contributed by atoms with Crippen molar-refractivity contribution < 1.29 is 15.0 Å². The van der Waals surface area contributed by atoms with Crippen LogP contribution in [0.15, 0.2) is 6.07 Å². The van der Waals surface area contributed by atoms with Crippen LogP contribution < -0.4 is 21.8 Å². The van der Waals surface area contributed by atoms with Crippen LogP contribution in [0.1, 0.15) is 0 Å². The van der Waals surface area contributed by atoms with Crippen LogP contribution in [0.5, 0.6) is 11.5 Å². The van der Waals surface area contributed by atoms with Crippen LogP contribution in [-0.2, 0) is 4.99 Å². The van der Waals surface area contributed by atoms with Gasteiger partial charge in [0.05, 0.1) is 11.4 Å². The Morgan fingerprint density at radius 3 is 2.83 bits per heavy atom. The summed E-state index contributed by atoms with van der Waals surface area (Å²) in [5.41, 5.74) is 14.1. The van der Waals surface area contributed by atoms with Crippen molar-refractivity contribution in [1.82, 2.24) is 0 Å². The third kappa shape index (κ3) is 0.721. The quantitative estimate of drug-likeness (QED) is 0.191. The van der Waals surface area contributed by atoms with E-state index < -0.39 is 0 Å². The fourth-order valence-corrected chi connectivity index (χ4v) is 0.958. The lowest BCUT2D eigenvalue weighted by Crippen LogP contribution is -1.98. The van der Waals surface area contributed by atoms with E-state index in [9.17, 15) is 5.11 Å². The number of anilines is 3. The van der Waals surface area contributed by atoms with Gasteiger partial charge in [-0.1, -0.05) is 4.99 Å². The summed E-state index contributed by atoms with van der Waals surface area (Å²) in [5, 5.41) is 9.20. The zero-order chi connectivity index (χ0) is 8.72. The molecule has 0 atom stereocenters. The Hall–Kier alpha value is -1.82. The number of hydrogen-bond donors (Lipinski definition) is 4. The van der Waals surface area contributed by atoms with E-state index in [1.807, 2.05) is 0 Å². The zero-order valence-corrected chi connectivity index (χ0v) is 6.00. The van der Waals surface area contributed by atoms with Gasteiger partial charge in [-0.15, -0.1) is 0 Å². The molecule has 6 N–H and O–H groups in total. The summed E-state index contributed by atoms with van der Waals surface area (Å²) >= 11 is 0. The van der Waals surface area contributed by atoms with E-state index >= 15 is 0 Å². The van der Waals surface area contributed by atoms with Gasteiger partial charge >= 0.3 is 0 Å². The maximum absolute atomic E-state index is 9.20. The maximum Gasteiger partial charge on any atom is 0.199 e. The van der Waals surface area contributed by atoms with Crippen molar-refractivity contribution in [2.24, 2.45) is 0 Å². The molecule has 6 nitrogen and oxygen atoms in total. The van der Waals surface area contributed by atoms with Gasteiger partial charge in [0.15, 0.2) is 5.75 Å². The smallest absolute Gasteiger partial charge is 0.199 e. The number of nitrogen functional groups attached to an aromatic ring is 2. The number of hydrogen-bond acceptors (Lipinski definition) is 6. The molecule has 0 bridgehead atoms. The molecular weight excluding hydrogens is 162 g/mol. The van der Waals surface area contributed by atoms with Crippen LogP contribution in [0.3, 0.4) is 0 Å². The normalized spacial score (nSPS) is 13.3. The van der Waals surface area contributed by atoms with Crippen molar-refractivity contribution in [3.05, 3.63) is 6.07 Å². The first kappa shape index (κ1) is 6.86. The first-order valence-electron chi connectivity index (χ1n) is 3.20. The molecule has 6 heteroatoms. The van der Waals surface area contributed by atoms with E-state index in [4.69, 9.17) is 11.5 Å². The highest BCUT2D eigenvalue weighted by Crippen LogP contribution is 2.43. The summed E-state index contributed by atoms with van der Waals surface area (Å²) in [7, 11) is 0. The van der Waals surface area contributed by atoms with Gasteiger partial charge in [-0.05, 0) is 0 Å². The summed E-state index contributed by atoms with van der Waals surface area (Å²) in [4.78, 5) is 9.02. The molecule has 1 heterocycles. The minimum Gasteiger partial charge on any atom is -0.506 e. The number of nitrogens with two attached hydrogens (primary N) is 2. The molecule has 0 saturated heterocycles. The Morgan fingerprint density at radius 2 is 2.08 bits per heavy atom. The largest absolute Gasteiger partial charge is 0.506 e. The third-order valence-electron chi connectivity index (χ3n) is 1.62. The van der Waals surface area contributed by atoms with Gasteiger partial charge in [0.1, 0.15) is 11.4 Å². The van der Waals surface area contributed by atoms with E-state index in [1.54, 1.807) is 0 Å². The van der Waals surface area contributed by atoms with Crippen molar-refractivity contribution in [1.29, 1.82) is 0 Å². The minimum atomic E-state index is -0.126. The molecule has 64 valence electrons. The first-order valence-corrected chi connectivity index (χ1v) is 3.20. The van der Waals surface area contributed by atoms with Crippen LogP contribution in [-0.4, -0.2) is 5.11 Å². The summed E-state index contributed by atoms with van der Waals surface area (Å²) < 4.78 is 0. The van der Waals surface area contributed by atoms with Crippen molar-refractivity contribution in [2.75, 3.05) is 16.9 Å². The second-order valence-electron chi connectivity index (χ2n) is 2.36. The van der Waals surface area contributed by atoms with Gasteiger partial charge in [-0.3, -0.25) is 0 Å². The number of rotatable bonds is 0. The van der Waals surface area contributed by atoms with Gasteiger partial charge in [-0.25, -0.2) is 5.48 Å². The molecule has 1 aliphatic heterocycles. The number of aromatic hydroxyl groups is 1. The lowest BCUT2D eigenvalue weighted by Gasteiger charge is -2.04. The molecule has 0 radical (unpaired) electrons. The molecule has 1 aromatic rings. The van der Waals surface area contributed by atoms with E-state index in [0.717, 1.165) is 0 Å². The summed E-state index contributed by atoms with van der Waals surface area (Å²) in [6.07, 6.45) is 0. The molecule has 1 aromatic carbocycles. The van der Waals surface area contributed by atoms with Gasteiger partial charge in [0, 0.05) is 6.07 Å². The zero-order valence-electron chi connectivity index (χ0n) is 6.00. The van der Waals surface area contributed by atoms with Crippen molar-refractivity contribution in [2.45, 2.75) is 0 Å². The molecule has 0 saturated carbocycles. The topological polar surface area (TPSA) is 103 Å². The standard InChI is InChI=1S/C6H7N3O3/c7-4-2(10)1-3-6(5(4)8)9-12-11-3/h1,9-10H,7-8H2. The predicted molar refractivity (Wildman–Crippen MR) is 42.3 cm³/mol. The highest BCUT2D eigenvalue weighted by Gasteiger charge is 2.20. The number of fused-ring (bicyclic) bond motifs is 1. The van der Waals surface area contributed by atoms with Crippen LogP contribution in [0.25, 0.3) is 0 Å². The molecule has 0 unspecified atom stereocenters. The summed E-state index contributed by atoms with van der Waals surface area (Å²) in [6.45, 7) is 0. The monoisotopic (exact) mass is 169 g/mol. The fraction of sp³-hybridized carbons (Fsp3) is 0. The second kappa shape index (κ2) is 2.08. The summed E-state index contributed by atoms with van der Waals surface area (Å²) in [5.74, 6) is 0.192. The number of nitrogens with one attached hydrogen (secondary N) is 1. The third-order valence-corrected chi connectivity index (χ3v) is 1.62. The molecule has 0 fully saturated rings. The van der Waals surface area contributed by atoms with Crippen LogP contribution >= 0.6 is 0 Å². The molecule has 0 aromatic heterocycles. The molecule has 0 amide bonds. The first-order chi connectivity index (χ1) is 5.70. The number of phenolic OH excluding ortho intramolecular Hbond substituents is 1. The highest BCUT2D eigenvalue weighted by molar-refractivity contribution is 5.87. The minimum absolute atomic E-state index is 0.107. The molecule has 1 aliphatic rings. The van der Waals surface area contributed by atoms with E-state index in [1.165, 1.54) is 6.07 Å². The van der Waals surface area contributed by atoms with E-state index in [2.05, 4.69) is 15.4 Å². The van der Waals surface area contributed by atoms with Crippen molar-refractivity contribution in [3.8, 4) is 11.5 Å². The Kier molecular flexibility index (Phi) is 1.19. The average molecular weight is 169 g/mol. The van der Waals surface area contributed by atoms with E-state index in [0.29, 0.717) is 11.4 Å². The Morgan fingerprint density at radius 1 is 1.33 bits per heavy atom. The summed E-state index contributed by atoms with van der Waals surface area (Å²) in [6, 6.07) is 1.32. The van der Waals surface area contributed by atoms with Crippen LogP contribution in [0.2, 0.25) is 0 Å². The van der Waals surface area contributed by atoms with Crippen LogP contribution in [0, 0.1) is 0 Å². The van der Waals surface area contributed by atoms with Crippen molar-refractivity contribution >= 4 is 17.1 Å². The lowest BCUT2D eigenvalue weighted by atomic mass is 10.2. The van der Waals surface area contributed by atoms with Gasteiger partial charge < -0.3 is 21.5 Å².